The molecule has 0 saturated carbocycles. The molecule has 30 heavy (non-hydrogen) atoms. The van der Waals surface area contributed by atoms with Crippen molar-refractivity contribution in [3.05, 3.63) is 65.2 Å². The number of anilines is 1. The average molecular weight is 413 g/mol. The van der Waals surface area contributed by atoms with Crippen LogP contribution in [0.2, 0.25) is 0 Å². The number of benzene rings is 2. The molecule has 0 atom stereocenters. The maximum absolute atomic E-state index is 14.2. The van der Waals surface area contributed by atoms with Crippen LogP contribution in [0.5, 0.6) is 0 Å². The molecule has 1 spiro atoms. The molecule has 2 aliphatic rings. The first kappa shape index (κ1) is 21.0. The Balaban J connectivity index is 1.53. The van der Waals surface area contributed by atoms with Gasteiger partial charge in [0, 0.05) is 30.6 Å². The first-order chi connectivity index (χ1) is 14.2. The molecule has 0 N–H and O–H groups in total. The third-order valence-electron chi connectivity index (χ3n) is 6.37. The van der Waals surface area contributed by atoms with Crippen LogP contribution in [-0.4, -0.2) is 30.4 Å². The summed E-state index contributed by atoms with van der Waals surface area (Å²) in [5.41, 5.74) is 2.50. The average Bonchev–Trinajstić information content (AvgIpc) is 2.96. The summed E-state index contributed by atoms with van der Waals surface area (Å²) < 4.78 is 27.7. The first-order valence-electron chi connectivity index (χ1n) is 10.7. The fraction of sp³-hybridized carbons (Fsp3) is 0.480. The smallest absolute Gasteiger partial charge is 0.227 e. The summed E-state index contributed by atoms with van der Waals surface area (Å²) >= 11 is 0. The Bertz CT molecular complexity index is 942. The van der Waals surface area contributed by atoms with Gasteiger partial charge in [-0.3, -0.25) is 9.69 Å². The second-order valence-electron chi connectivity index (χ2n) is 10.1. The molecule has 2 heterocycles. The Labute approximate surface area is 177 Å². The molecule has 3 nitrogen and oxygen atoms in total. The fourth-order valence-electron chi connectivity index (χ4n) is 4.87. The number of likely N-dealkylation sites (tertiary alicyclic amines) is 1. The van der Waals surface area contributed by atoms with Crippen molar-refractivity contribution in [1.82, 2.24) is 4.90 Å². The summed E-state index contributed by atoms with van der Waals surface area (Å²) in [6.45, 7) is 9.19. The highest BCUT2D eigenvalue weighted by molar-refractivity contribution is 5.96. The summed E-state index contributed by atoms with van der Waals surface area (Å²) in [7, 11) is 0. The Kier molecular flexibility index (Phi) is 5.43. The molecule has 160 valence electrons. The number of carbonyl (C=O) groups excluding carboxylic acids is 1. The van der Waals surface area contributed by atoms with E-state index in [1.165, 1.54) is 12.1 Å². The third-order valence-corrected chi connectivity index (χ3v) is 6.37. The van der Waals surface area contributed by atoms with Crippen LogP contribution in [0, 0.1) is 17.0 Å². The van der Waals surface area contributed by atoms with Crippen molar-refractivity contribution in [3.8, 4) is 0 Å². The summed E-state index contributed by atoms with van der Waals surface area (Å²) in [5, 5.41) is 0. The van der Waals surface area contributed by atoms with E-state index in [4.69, 9.17) is 0 Å². The predicted octanol–water partition coefficient (Wildman–Crippen LogP) is 5.28. The minimum atomic E-state index is -0.250. The van der Waals surface area contributed by atoms with Gasteiger partial charge in [-0.2, -0.15) is 0 Å². The van der Waals surface area contributed by atoms with Crippen LogP contribution < -0.4 is 4.90 Å². The van der Waals surface area contributed by atoms with Crippen molar-refractivity contribution in [2.45, 2.75) is 52.0 Å². The van der Waals surface area contributed by atoms with Crippen LogP contribution in [-0.2, 0) is 16.8 Å². The molecule has 4 rings (SSSR count). The van der Waals surface area contributed by atoms with Crippen LogP contribution in [0.1, 0.15) is 51.2 Å². The molecule has 0 aliphatic carbocycles. The molecule has 5 heteroatoms. The number of rotatable bonds is 3. The van der Waals surface area contributed by atoms with Crippen molar-refractivity contribution in [1.29, 1.82) is 0 Å². The number of piperidine rings is 1. The Morgan fingerprint density at radius 3 is 2.40 bits per heavy atom. The molecule has 0 bridgehead atoms. The number of halogens is 2. The van der Waals surface area contributed by atoms with Gasteiger partial charge >= 0.3 is 0 Å². The number of hydrogen-bond acceptors (Lipinski definition) is 2. The maximum atomic E-state index is 14.2. The van der Waals surface area contributed by atoms with E-state index in [0.29, 0.717) is 19.5 Å². The van der Waals surface area contributed by atoms with Gasteiger partial charge in [0.05, 0.1) is 0 Å². The molecule has 2 aromatic rings. The van der Waals surface area contributed by atoms with Crippen molar-refractivity contribution in [3.63, 3.8) is 0 Å². The molecule has 1 fully saturated rings. The monoisotopic (exact) mass is 412 g/mol. The zero-order valence-electron chi connectivity index (χ0n) is 18.0. The lowest BCUT2D eigenvalue weighted by molar-refractivity contribution is -0.120. The lowest BCUT2D eigenvalue weighted by atomic mass is 9.74. The van der Waals surface area contributed by atoms with Gasteiger partial charge < -0.3 is 4.90 Å². The summed E-state index contributed by atoms with van der Waals surface area (Å²) in [6.07, 6.45) is 2.18. The lowest BCUT2D eigenvalue weighted by Crippen LogP contribution is -2.46. The van der Waals surface area contributed by atoms with Gasteiger partial charge in [-0.15, -0.1) is 0 Å². The molecular formula is C25H30F2N2O. The number of carbonyl (C=O) groups is 1. The van der Waals surface area contributed by atoms with E-state index >= 15 is 0 Å². The highest BCUT2D eigenvalue weighted by Gasteiger charge is 2.46. The van der Waals surface area contributed by atoms with Crippen LogP contribution in [0.4, 0.5) is 14.5 Å². The Hall–Kier alpha value is -2.27. The highest BCUT2D eigenvalue weighted by Crippen LogP contribution is 2.48. The number of nitrogens with zero attached hydrogens (tertiary/aromatic N) is 2. The molecule has 2 aliphatic heterocycles. The van der Waals surface area contributed by atoms with Gasteiger partial charge in [-0.1, -0.05) is 32.9 Å². The molecule has 0 unspecified atom stereocenters. The van der Waals surface area contributed by atoms with Gasteiger partial charge in [-0.05, 0) is 72.8 Å². The van der Waals surface area contributed by atoms with E-state index in [9.17, 15) is 13.6 Å². The van der Waals surface area contributed by atoms with Crippen LogP contribution in [0.15, 0.2) is 42.5 Å². The van der Waals surface area contributed by atoms with E-state index in [1.807, 2.05) is 11.0 Å². The molecule has 0 aromatic heterocycles. The zero-order valence-corrected chi connectivity index (χ0v) is 18.0. The lowest BCUT2D eigenvalue weighted by Gasteiger charge is -2.40. The summed E-state index contributed by atoms with van der Waals surface area (Å²) in [6, 6.07) is 11.6. The van der Waals surface area contributed by atoms with Crippen molar-refractivity contribution < 1.29 is 13.6 Å². The predicted molar refractivity (Wildman–Crippen MR) is 115 cm³/mol. The van der Waals surface area contributed by atoms with E-state index < -0.39 is 0 Å². The maximum Gasteiger partial charge on any atom is 0.227 e. The highest BCUT2D eigenvalue weighted by atomic mass is 19.1. The molecule has 1 amide bonds. The van der Waals surface area contributed by atoms with Gasteiger partial charge in [0.2, 0.25) is 5.91 Å². The number of fused-ring (bicyclic) bond motifs is 2. The van der Waals surface area contributed by atoms with E-state index in [2.05, 4.69) is 25.7 Å². The largest absolute Gasteiger partial charge is 0.311 e. The second-order valence-corrected chi connectivity index (χ2v) is 10.1. The minimum Gasteiger partial charge on any atom is -0.311 e. The van der Waals surface area contributed by atoms with Crippen molar-refractivity contribution >= 4 is 11.6 Å². The Morgan fingerprint density at radius 1 is 1.03 bits per heavy atom. The standard InChI is InChI=1S/C25H30F2N2O/c1-24(2,3)15-23(30)29-17-25(21-14-20(27)7-8-22(21)29)9-11-28(12-10-25)16-18-5-4-6-19(26)13-18/h4-8,13-14H,9-12,15-17H2,1-3H3. The third kappa shape index (κ3) is 4.27. The van der Waals surface area contributed by atoms with Crippen molar-refractivity contribution in [2.24, 2.45) is 5.41 Å². The molecule has 2 aromatic carbocycles. The van der Waals surface area contributed by atoms with E-state index in [-0.39, 0.29) is 28.4 Å². The SMILES string of the molecule is CC(C)(C)CC(=O)N1CC2(CCN(Cc3cccc(F)c3)CC2)c2cc(F)ccc21. The summed E-state index contributed by atoms with van der Waals surface area (Å²) in [4.78, 5) is 17.3. The quantitative estimate of drug-likeness (QED) is 0.685. The van der Waals surface area contributed by atoms with E-state index in [0.717, 1.165) is 42.7 Å². The number of hydrogen-bond donors (Lipinski definition) is 0. The first-order valence-corrected chi connectivity index (χ1v) is 10.7. The van der Waals surface area contributed by atoms with Crippen LogP contribution in [0.3, 0.4) is 0 Å². The van der Waals surface area contributed by atoms with Gasteiger partial charge in [0.25, 0.3) is 0 Å². The van der Waals surface area contributed by atoms with E-state index in [1.54, 1.807) is 24.3 Å². The van der Waals surface area contributed by atoms with Gasteiger partial charge in [-0.25, -0.2) is 8.78 Å². The number of amides is 1. The van der Waals surface area contributed by atoms with Crippen molar-refractivity contribution in [2.75, 3.05) is 24.5 Å². The fourth-order valence-corrected chi connectivity index (χ4v) is 4.87. The second kappa shape index (κ2) is 7.77. The molecule has 0 radical (unpaired) electrons. The van der Waals surface area contributed by atoms with Crippen LogP contribution >= 0.6 is 0 Å². The molecular weight excluding hydrogens is 382 g/mol. The van der Waals surface area contributed by atoms with Gasteiger partial charge in [0.15, 0.2) is 0 Å². The molecule has 1 saturated heterocycles. The summed E-state index contributed by atoms with van der Waals surface area (Å²) in [5.74, 6) is -0.357. The van der Waals surface area contributed by atoms with Gasteiger partial charge in [0.1, 0.15) is 11.6 Å². The zero-order chi connectivity index (χ0) is 21.5. The van der Waals surface area contributed by atoms with Crippen LogP contribution in [0.25, 0.3) is 0 Å². The normalized spacial score (nSPS) is 18.6. The topological polar surface area (TPSA) is 23.6 Å². The minimum absolute atomic E-state index is 0.0959. The Morgan fingerprint density at radius 2 is 1.73 bits per heavy atom.